The van der Waals surface area contributed by atoms with Crippen molar-refractivity contribution in [1.82, 2.24) is 4.90 Å². The normalized spacial score (nSPS) is 13.1. The minimum atomic E-state index is -0.925. The molecule has 0 bridgehead atoms. The first-order valence-corrected chi connectivity index (χ1v) is 6.11. The largest absolute Gasteiger partial charge is 0.465 e. The van der Waals surface area contributed by atoms with E-state index >= 15 is 0 Å². The van der Waals surface area contributed by atoms with E-state index in [1.165, 1.54) is 4.90 Å². The number of amides is 1. The number of hydrogen-bond donors (Lipinski definition) is 2. The maximum absolute atomic E-state index is 11.2. The van der Waals surface area contributed by atoms with Gasteiger partial charge in [-0.05, 0) is 32.8 Å². The Kier molecular flexibility index (Phi) is 4.73. The van der Waals surface area contributed by atoms with Gasteiger partial charge in [0, 0.05) is 18.1 Å². The Morgan fingerprint density at radius 1 is 1.33 bits per heavy atom. The molecule has 0 saturated carbocycles. The van der Waals surface area contributed by atoms with Crippen molar-refractivity contribution in [3.63, 3.8) is 0 Å². The van der Waals surface area contributed by atoms with Crippen molar-refractivity contribution in [1.29, 1.82) is 0 Å². The molecule has 0 fully saturated rings. The molecule has 0 heterocycles. The van der Waals surface area contributed by atoms with Gasteiger partial charge in [-0.1, -0.05) is 30.3 Å². The van der Waals surface area contributed by atoms with Gasteiger partial charge in [-0.15, -0.1) is 0 Å². The molecular weight excluding hydrogens is 228 g/mol. The van der Waals surface area contributed by atoms with Gasteiger partial charge in [0.1, 0.15) is 0 Å². The quantitative estimate of drug-likeness (QED) is 0.862. The van der Waals surface area contributed by atoms with Gasteiger partial charge in [0.2, 0.25) is 0 Å². The smallest absolute Gasteiger partial charge is 0.407 e. The number of rotatable bonds is 4. The molecule has 4 heteroatoms. The monoisotopic (exact) mass is 250 g/mol. The van der Waals surface area contributed by atoms with Gasteiger partial charge in [-0.3, -0.25) is 0 Å². The molecule has 0 radical (unpaired) electrons. The standard InChI is InChI=1S/C14H22N2O2/c1-14(2,3)16(13(17)18)10-12(15)9-11-7-5-4-6-8-11/h4-8,12H,9-10,15H2,1-3H3,(H,17,18)/t12-/m0/s1. The number of nitrogens with two attached hydrogens (primary N) is 1. The highest BCUT2D eigenvalue weighted by molar-refractivity contribution is 5.66. The molecule has 3 N–H and O–H groups in total. The number of carbonyl (C=O) groups is 1. The molecule has 0 aliphatic rings. The van der Waals surface area contributed by atoms with E-state index in [1.807, 2.05) is 51.1 Å². The van der Waals surface area contributed by atoms with Gasteiger partial charge >= 0.3 is 6.09 Å². The van der Waals surface area contributed by atoms with Gasteiger partial charge in [0.25, 0.3) is 0 Å². The molecule has 1 aromatic carbocycles. The minimum Gasteiger partial charge on any atom is -0.465 e. The topological polar surface area (TPSA) is 66.6 Å². The van der Waals surface area contributed by atoms with Gasteiger partial charge in [-0.25, -0.2) is 4.79 Å². The van der Waals surface area contributed by atoms with Crippen LogP contribution >= 0.6 is 0 Å². The summed E-state index contributed by atoms with van der Waals surface area (Å²) in [6.45, 7) is 5.96. The number of carboxylic acid groups (broad SMARTS) is 1. The van der Waals surface area contributed by atoms with Crippen LogP contribution in [0.5, 0.6) is 0 Å². The number of nitrogens with zero attached hydrogens (tertiary/aromatic N) is 1. The molecule has 0 saturated heterocycles. The van der Waals surface area contributed by atoms with Crippen LogP contribution in [0, 0.1) is 0 Å². The van der Waals surface area contributed by atoms with E-state index < -0.39 is 11.6 Å². The summed E-state index contributed by atoms with van der Waals surface area (Å²) in [5.41, 5.74) is 6.73. The van der Waals surface area contributed by atoms with Crippen LogP contribution in [0.3, 0.4) is 0 Å². The summed E-state index contributed by atoms with van der Waals surface area (Å²) in [5.74, 6) is 0. The van der Waals surface area contributed by atoms with Crippen molar-refractivity contribution in [2.24, 2.45) is 5.73 Å². The number of hydrogen-bond acceptors (Lipinski definition) is 2. The Balaban J connectivity index is 2.63. The third kappa shape index (κ3) is 4.37. The second kappa shape index (κ2) is 5.87. The van der Waals surface area contributed by atoms with E-state index in [0.717, 1.165) is 5.56 Å². The third-order valence-corrected chi connectivity index (χ3v) is 2.80. The molecule has 1 amide bonds. The highest BCUT2D eigenvalue weighted by atomic mass is 16.4. The average Bonchev–Trinajstić information content (AvgIpc) is 2.25. The molecule has 0 aliphatic heterocycles. The third-order valence-electron chi connectivity index (χ3n) is 2.80. The lowest BCUT2D eigenvalue weighted by molar-refractivity contribution is 0.0960. The zero-order chi connectivity index (χ0) is 13.8. The fraction of sp³-hybridized carbons (Fsp3) is 0.500. The second-order valence-electron chi connectivity index (χ2n) is 5.51. The summed E-state index contributed by atoms with van der Waals surface area (Å²) in [4.78, 5) is 12.6. The molecule has 1 atom stereocenters. The Hall–Kier alpha value is -1.55. The Morgan fingerprint density at radius 2 is 1.89 bits per heavy atom. The first-order valence-electron chi connectivity index (χ1n) is 6.11. The van der Waals surface area contributed by atoms with E-state index in [2.05, 4.69) is 0 Å². The molecule has 1 aromatic rings. The molecular formula is C14H22N2O2. The summed E-state index contributed by atoms with van der Waals surface area (Å²) >= 11 is 0. The molecule has 1 rings (SSSR count). The van der Waals surface area contributed by atoms with Crippen molar-refractivity contribution in [2.45, 2.75) is 38.8 Å². The predicted molar refractivity (Wildman–Crippen MR) is 72.6 cm³/mol. The fourth-order valence-corrected chi connectivity index (χ4v) is 1.85. The van der Waals surface area contributed by atoms with Gasteiger partial charge < -0.3 is 15.7 Å². The molecule has 0 spiro atoms. The molecule has 0 aliphatic carbocycles. The van der Waals surface area contributed by atoms with Gasteiger partial charge in [-0.2, -0.15) is 0 Å². The zero-order valence-electron chi connectivity index (χ0n) is 11.3. The first kappa shape index (κ1) is 14.5. The lowest BCUT2D eigenvalue weighted by Crippen LogP contribution is -2.50. The predicted octanol–water partition coefficient (Wildman–Crippen LogP) is 2.33. The van der Waals surface area contributed by atoms with Crippen molar-refractivity contribution in [2.75, 3.05) is 6.54 Å². The van der Waals surface area contributed by atoms with E-state index in [9.17, 15) is 9.90 Å². The highest BCUT2D eigenvalue weighted by Gasteiger charge is 2.27. The Morgan fingerprint density at radius 3 is 2.33 bits per heavy atom. The molecule has 100 valence electrons. The van der Waals surface area contributed by atoms with E-state index in [-0.39, 0.29) is 6.04 Å². The Bertz CT molecular complexity index is 385. The van der Waals surface area contributed by atoms with Crippen molar-refractivity contribution >= 4 is 6.09 Å². The summed E-state index contributed by atoms with van der Waals surface area (Å²) in [5, 5.41) is 9.19. The van der Waals surface area contributed by atoms with Crippen LogP contribution in [-0.4, -0.2) is 34.2 Å². The van der Waals surface area contributed by atoms with Crippen LogP contribution < -0.4 is 5.73 Å². The SMILES string of the molecule is CC(C)(C)N(C[C@@H](N)Cc1ccccc1)C(=O)O. The summed E-state index contributed by atoms with van der Waals surface area (Å²) in [7, 11) is 0. The molecule has 18 heavy (non-hydrogen) atoms. The molecule has 4 nitrogen and oxygen atoms in total. The second-order valence-corrected chi connectivity index (χ2v) is 5.51. The summed E-state index contributed by atoms with van der Waals surface area (Å²) < 4.78 is 0. The fourth-order valence-electron chi connectivity index (χ4n) is 1.85. The van der Waals surface area contributed by atoms with Crippen LogP contribution in [0.15, 0.2) is 30.3 Å². The van der Waals surface area contributed by atoms with Crippen molar-refractivity contribution in [3.8, 4) is 0 Å². The maximum Gasteiger partial charge on any atom is 0.407 e. The van der Waals surface area contributed by atoms with E-state index in [4.69, 9.17) is 5.73 Å². The minimum absolute atomic E-state index is 0.192. The van der Waals surface area contributed by atoms with Gasteiger partial charge in [0.15, 0.2) is 0 Å². The molecule has 0 unspecified atom stereocenters. The Labute approximate surface area is 108 Å². The van der Waals surface area contributed by atoms with Crippen LogP contribution in [0.4, 0.5) is 4.79 Å². The first-order chi connectivity index (χ1) is 8.30. The maximum atomic E-state index is 11.2. The molecule has 0 aromatic heterocycles. The van der Waals surface area contributed by atoms with E-state index in [1.54, 1.807) is 0 Å². The number of benzene rings is 1. The van der Waals surface area contributed by atoms with E-state index in [0.29, 0.717) is 13.0 Å². The lowest BCUT2D eigenvalue weighted by Gasteiger charge is -2.35. The summed E-state index contributed by atoms with van der Waals surface area (Å²) in [6.07, 6.45) is -0.244. The highest BCUT2D eigenvalue weighted by Crippen LogP contribution is 2.14. The zero-order valence-corrected chi connectivity index (χ0v) is 11.3. The summed E-state index contributed by atoms with van der Waals surface area (Å²) in [6, 6.07) is 9.68. The average molecular weight is 250 g/mol. The van der Waals surface area contributed by atoms with Crippen LogP contribution in [0.25, 0.3) is 0 Å². The van der Waals surface area contributed by atoms with Crippen LogP contribution in [-0.2, 0) is 6.42 Å². The van der Waals surface area contributed by atoms with Crippen LogP contribution in [0.2, 0.25) is 0 Å². The lowest BCUT2D eigenvalue weighted by atomic mass is 10.0. The van der Waals surface area contributed by atoms with Gasteiger partial charge in [0.05, 0.1) is 0 Å². The van der Waals surface area contributed by atoms with Crippen molar-refractivity contribution < 1.29 is 9.90 Å². The van der Waals surface area contributed by atoms with Crippen molar-refractivity contribution in [3.05, 3.63) is 35.9 Å². The van der Waals surface area contributed by atoms with Crippen LogP contribution in [0.1, 0.15) is 26.3 Å².